The van der Waals surface area contributed by atoms with Gasteiger partial charge in [-0.1, -0.05) is 36.7 Å². The van der Waals surface area contributed by atoms with Gasteiger partial charge in [-0.25, -0.2) is 0 Å². The number of halogens is 1. The highest BCUT2D eigenvalue weighted by molar-refractivity contribution is 6.30. The van der Waals surface area contributed by atoms with Crippen LogP contribution < -0.4 is 4.74 Å². The molecule has 0 N–H and O–H groups in total. The molecule has 1 heterocycles. The Morgan fingerprint density at radius 3 is 2.70 bits per heavy atom. The zero-order valence-corrected chi connectivity index (χ0v) is 14.8. The predicted molar refractivity (Wildman–Crippen MR) is 92.9 cm³/mol. The molecule has 1 fully saturated rings. The van der Waals surface area contributed by atoms with Gasteiger partial charge in [0.1, 0.15) is 10.9 Å². The number of ether oxygens (including phenoxy) is 1. The van der Waals surface area contributed by atoms with Gasteiger partial charge in [0, 0.05) is 37.3 Å². The first-order valence-electron chi connectivity index (χ1n) is 8.20. The summed E-state index contributed by atoms with van der Waals surface area (Å²) in [6, 6.07) is 8.88. The fraction of sp³-hybridized carbons (Fsp3) is 0.500. The lowest BCUT2D eigenvalue weighted by molar-refractivity contribution is 0.241. The van der Waals surface area contributed by atoms with Crippen molar-refractivity contribution in [2.24, 2.45) is 7.05 Å². The Hall–Kier alpha value is -1.52. The molecule has 4 nitrogen and oxygen atoms in total. The molecule has 2 aromatic rings. The molecule has 23 heavy (non-hydrogen) atoms. The maximum Gasteiger partial charge on any atom is 0.131 e. The molecule has 0 amide bonds. The molecular formula is C18H24ClN3O. The van der Waals surface area contributed by atoms with Gasteiger partial charge in [0.2, 0.25) is 0 Å². The van der Waals surface area contributed by atoms with Gasteiger partial charge in [-0.3, -0.25) is 9.58 Å². The van der Waals surface area contributed by atoms with Crippen molar-refractivity contribution in [3.8, 4) is 5.75 Å². The smallest absolute Gasteiger partial charge is 0.131 e. The van der Waals surface area contributed by atoms with Crippen molar-refractivity contribution in [3.63, 3.8) is 0 Å². The molecule has 1 aromatic heterocycles. The zero-order chi connectivity index (χ0) is 16.4. The summed E-state index contributed by atoms with van der Waals surface area (Å²) in [7, 11) is 3.64. The summed E-state index contributed by atoms with van der Waals surface area (Å²) in [4.78, 5) is 2.50. The number of benzene rings is 1. The van der Waals surface area contributed by atoms with E-state index in [1.54, 1.807) is 11.8 Å². The predicted octanol–water partition coefficient (Wildman–Crippen LogP) is 3.81. The van der Waals surface area contributed by atoms with Gasteiger partial charge in [0.05, 0.1) is 12.8 Å². The quantitative estimate of drug-likeness (QED) is 0.772. The van der Waals surface area contributed by atoms with Crippen molar-refractivity contribution in [2.75, 3.05) is 7.11 Å². The minimum Gasteiger partial charge on any atom is -0.496 e. The topological polar surface area (TPSA) is 30.3 Å². The number of aromatic nitrogens is 2. The van der Waals surface area contributed by atoms with Gasteiger partial charge >= 0.3 is 0 Å². The molecular weight excluding hydrogens is 310 g/mol. The number of aryl methyl sites for hydroxylation is 2. The van der Waals surface area contributed by atoms with E-state index in [2.05, 4.69) is 29.1 Å². The summed E-state index contributed by atoms with van der Waals surface area (Å²) in [5.41, 5.74) is 3.49. The van der Waals surface area contributed by atoms with E-state index in [4.69, 9.17) is 16.3 Å². The lowest BCUT2D eigenvalue weighted by Crippen LogP contribution is -2.25. The normalized spacial score (nSPS) is 14.5. The summed E-state index contributed by atoms with van der Waals surface area (Å²) < 4.78 is 7.28. The van der Waals surface area contributed by atoms with Crippen LogP contribution in [0.15, 0.2) is 24.3 Å². The van der Waals surface area contributed by atoms with E-state index in [1.807, 2.05) is 19.2 Å². The fourth-order valence-corrected chi connectivity index (χ4v) is 3.26. The Bertz CT molecular complexity index is 679. The zero-order valence-electron chi connectivity index (χ0n) is 14.1. The summed E-state index contributed by atoms with van der Waals surface area (Å²) in [6.45, 7) is 3.85. The number of methoxy groups -OCH3 is 1. The van der Waals surface area contributed by atoms with E-state index in [-0.39, 0.29) is 0 Å². The Labute approximate surface area is 143 Å². The summed E-state index contributed by atoms with van der Waals surface area (Å²) in [5.74, 6) is 0.950. The second kappa shape index (κ2) is 6.93. The van der Waals surface area contributed by atoms with Crippen molar-refractivity contribution in [1.82, 2.24) is 14.7 Å². The third kappa shape index (κ3) is 3.54. The number of nitrogens with zero attached hydrogens (tertiary/aromatic N) is 3. The molecule has 0 radical (unpaired) electrons. The molecule has 5 heteroatoms. The molecule has 1 saturated carbocycles. The number of hydrogen-bond acceptors (Lipinski definition) is 3. The van der Waals surface area contributed by atoms with Crippen LogP contribution in [-0.4, -0.2) is 27.8 Å². The molecule has 1 aromatic carbocycles. The van der Waals surface area contributed by atoms with E-state index >= 15 is 0 Å². The van der Waals surface area contributed by atoms with Crippen LogP contribution in [0.1, 0.15) is 36.6 Å². The van der Waals surface area contributed by atoms with Crippen LogP contribution in [0.5, 0.6) is 5.75 Å². The van der Waals surface area contributed by atoms with Crippen LogP contribution in [0.3, 0.4) is 0 Å². The van der Waals surface area contributed by atoms with E-state index in [0.29, 0.717) is 6.04 Å². The van der Waals surface area contributed by atoms with Crippen LogP contribution >= 0.6 is 11.6 Å². The number of para-hydroxylation sites is 1. The maximum absolute atomic E-state index is 6.47. The summed E-state index contributed by atoms with van der Waals surface area (Å²) in [5, 5.41) is 5.29. The SMILES string of the molecule is CCc1nn(C)c(Cl)c1CN(Cc1ccccc1OC)C1CC1. The standard InChI is InChI=1S/C18H24ClN3O/c1-4-16-15(18(19)21(2)20-16)12-22(14-9-10-14)11-13-7-5-6-8-17(13)23-3/h5-8,14H,4,9-12H2,1-3H3. The molecule has 0 spiro atoms. The van der Waals surface area contributed by atoms with Crippen LogP contribution in [0, 0.1) is 0 Å². The molecule has 1 aliphatic rings. The Kier molecular flexibility index (Phi) is 4.93. The second-order valence-corrected chi connectivity index (χ2v) is 6.50. The molecule has 124 valence electrons. The highest BCUT2D eigenvalue weighted by Gasteiger charge is 2.31. The van der Waals surface area contributed by atoms with Crippen molar-refractivity contribution >= 4 is 11.6 Å². The lowest BCUT2D eigenvalue weighted by atomic mass is 10.1. The molecule has 0 aliphatic heterocycles. The largest absolute Gasteiger partial charge is 0.496 e. The second-order valence-electron chi connectivity index (χ2n) is 6.14. The highest BCUT2D eigenvalue weighted by Crippen LogP contribution is 2.33. The van der Waals surface area contributed by atoms with Gasteiger partial charge in [0.25, 0.3) is 0 Å². The monoisotopic (exact) mass is 333 g/mol. The summed E-state index contributed by atoms with van der Waals surface area (Å²) in [6.07, 6.45) is 3.42. The van der Waals surface area contributed by atoms with Crippen molar-refractivity contribution in [3.05, 3.63) is 46.2 Å². The Morgan fingerprint density at radius 1 is 1.30 bits per heavy atom. The number of rotatable bonds is 7. The fourth-order valence-electron chi connectivity index (χ4n) is 3.05. The average molecular weight is 334 g/mol. The van der Waals surface area contributed by atoms with Crippen LogP contribution in [0.25, 0.3) is 0 Å². The first-order valence-corrected chi connectivity index (χ1v) is 8.58. The van der Waals surface area contributed by atoms with Gasteiger partial charge in [0.15, 0.2) is 0 Å². The van der Waals surface area contributed by atoms with E-state index in [0.717, 1.165) is 36.1 Å². The Balaban J connectivity index is 1.83. The molecule has 0 unspecified atom stereocenters. The average Bonchev–Trinajstić information content (AvgIpc) is 3.37. The molecule has 0 atom stereocenters. The minimum atomic E-state index is 0.640. The first kappa shape index (κ1) is 16.3. The maximum atomic E-state index is 6.47. The lowest BCUT2D eigenvalue weighted by Gasteiger charge is -2.23. The third-order valence-corrected chi connectivity index (χ3v) is 4.95. The van der Waals surface area contributed by atoms with E-state index in [9.17, 15) is 0 Å². The number of hydrogen-bond donors (Lipinski definition) is 0. The van der Waals surface area contributed by atoms with Crippen LogP contribution in [0.4, 0.5) is 0 Å². The van der Waals surface area contributed by atoms with Crippen molar-refractivity contribution in [2.45, 2.75) is 45.3 Å². The van der Waals surface area contributed by atoms with Gasteiger partial charge in [-0.15, -0.1) is 0 Å². The molecule has 0 bridgehead atoms. The summed E-state index contributed by atoms with van der Waals surface area (Å²) >= 11 is 6.47. The van der Waals surface area contributed by atoms with Crippen molar-refractivity contribution < 1.29 is 4.74 Å². The minimum absolute atomic E-state index is 0.640. The Morgan fingerprint density at radius 2 is 2.04 bits per heavy atom. The molecule has 3 rings (SSSR count). The van der Waals surface area contributed by atoms with Crippen LogP contribution in [-0.2, 0) is 26.6 Å². The van der Waals surface area contributed by atoms with Crippen LogP contribution in [0.2, 0.25) is 5.15 Å². The van der Waals surface area contributed by atoms with Gasteiger partial charge in [-0.2, -0.15) is 5.10 Å². The van der Waals surface area contributed by atoms with Gasteiger partial charge < -0.3 is 4.74 Å². The highest BCUT2D eigenvalue weighted by atomic mass is 35.5. The van der Waals surface area contributed by atoms with Crippen molar-refractivity contribution in [1.29, 1.82) is 0 Å². The third-order valence-electron chi connectivity index (χ3n) is 4.48. The first-order chi connectivity index (χ1) is 11.1. The van der Waals surface area contributed by atoms with E-state index < -0.39 is 0 Å². The molecule has 1 aliphatic carbocycles. The van der Waals surface area contributed by atoms with E-state index in [1.165, 1.54) is 24.0 Å². The molecule has 0 saturated heterocycles. The van der Waals surface area contributed by atoms with Gasteiger partial charge in [-0.05, 0) is 25.3 Å².